The van der Waals surface area contributed by atoms with Crippen LogP contribution in [-0.4, -0.2) is 13.1 Å². The van der Waals surface area contributed by atoms with Crippen LogP contribution < -0.4 is 5.32 Å². The van der Waals surface area contributed by atoms with Crippen LogP contribution in [0, 0.1) is 0 Å². The smallest absolute Gasteiger partial charge is 0.316 e. The zero-order chi connectivity index (χ0) is 15.7. The first-order valence-electron chi connectivity index (χ1n) is 7.47. The SMILES string of the molecule is C[C@@H]1CNCCc2cc(-c3ccccc3C(F)(F)F)ccc21. The van der Waals surface area contributed by atoms with E-state index in [4.69, 9.17) is 0 Å². The van der Waals surface area contributed by atoms with Crippen LogP contribution in [0.4, 0.5) is 13.2 Å². The number of rotatable bonds is 1. The van der Waals surface area contributed by atoms with Gasteiger partial charge in [-0.1, -0.05) is 43.3 Å². The molecule has 1 aliphatic rings. The Balaban J connectivity index is 2.09. The Hall–Kier alpha value is -1.81. The van der Waals surface area contributed by atoms with E-state index in [2.05, 4.69) is 12.2 Å². The molecule has 1 nitrogen and oxygen atoms in total. The second-order valence-corrected chi connectivity index (χ2v) is 5.81. The zero-order valence-electron chi connectivity index (χ0n) is 12.4. The molecule has 1 atom stereocenters. The molecule has 1 aliphatic heterocycles. The lowest BCUT2D eigenvalue weighted by Gasteiger charge is -2.16. The molecule has 0 aliphatic carbocycles. The van der Waals surface area contributed by atoms with E-state index in [9.17, 15) is 13.2 Å². The van der Waals surface area contributed by atoms with Crippen LogP contribution in [0.25, 0.3) is 11.1 Å². The molecule has 1 N–H and O–H groups in total. The summed E-state index contributed by atoms with van der Waals surface area (Å²) < 4.78 is 39.6. The maximum Gasteiger partial charge on any atom is 0.417 e. The molecule has 0 saturated heterocycles. The molecule has 2 aromatic carbocycles. The largest absolute Gasteiger partial charge is 0.417 e. The quantitative estimate of drug-likeness (QED) is 0.810. The number of hydrogen-bond donors (Lipinski definition) is 1. The summed E-state index contributed by atoms with van der Waals surface area (Å²) in [5.74, 6) is 0.379. The summed E-state index contributed by atoms with van der Waals surface area (Å²) in [4.78, 5) is 0. The van der Waals surface area contributed by atoms with Gasteiger partial charge in [-0.25, -0.2) is 0 Å². The van der Waals surface area contributed by atoms with Gasteiger partial charge in [0.05, 0.1) is 5.56 Å². The molecular weight excluding hydrogens is 287 g/mol. The lowest BCUT2D eigenvalue weighted by molar-refractivity contribution is -0.137. The minimum absolute atomic E-state index is 0.252. The van der Waals surface area contributed by atoms with Gasteiger partial charge in [0.25, 0.3) is 0 Å². The first kappa shape index (κ1) is 15.1. The molecule has 0 unspecified atom stereocenters. The van der Waals surface area contributed by atoms with Crippen LogP contribution in [0.3, 0.4) is 0 Å². The second-order valence-electron chi connectivity index (χ2n) is 5.81. The Morgan fingerprint density at radius 3 is 2.64 bits per heavy atom. The fourth-order valence-corrected chi connectivity index (χ4v) is 3.10. The van der Waals surface area contributed by atoms with E-state index in [1.807, 2.05) is 18.2 Å². The van der Waals surface area contributed by atoms with Crippen molar-refractivity contribution in [3.8, 4) is 11.1 Å². The summed E-state index contributed by atoms with van der Waals surface area (Å²) in [5, 5.41) is 3.36. The number of alkyl halides is 3. The van der Waals surface area contributed by atoms with Crippen LogP contribution in [0.15, 0.2) is 42.5 Å². The van der Waals surface area contributed by atoms with Crippen molar-refractivity contribution in [2.45, 2.75) is 25.4 Å². The Labute approximate surface area is 128 Å². The van der Waals surface area contributed by atoms with Gasteiger partial charge >= 0.3 is 6.18 Å². The first-order valence-corrected chi connectivity index (χ1v) is 7.47. The summed E-state index contributed by atoms with van der Waals surface area (Å²) >= 11 is 0. The molecular formula is C18H18F3N. The van der Waals surface area contributed by atoms with Crippen LogP contribution in [0.1, 0.15) is 29.5 Å². The van der Waals surface area contributed by atoms with Crippen LogP contribution in [-0.2, 0) is 12.6 Å². The minimum Gasteiger partial charge on any atom is -0.316 e. The van der Waals surface area contributed by atoms with Crippen molar-refractivity contribution >= 4 is 0 Å². The summed E-state index contributed by atoms with van der Waals surface area (Å²) in [6.07, 6.45) is -3.49. The number of halogens is 3. The number of benzene rings is 2. The number of nitrogens with one attached hydrogen (secondary N) is 1. The van der Waals surface area contributed by atoms with E-state index >= 15 is 0 Å². The van der Waals surface area contributed by atoms with Gasteiger partial charge in [-0.05, 0) is 47.2 Å². The van der Waals surface area contributed by atoms with E-state index in [0.29, 0.717) is 11.5 Å². The Morgan fingerprint density at radius 1 is 1.09 bits per heavy atom. The Bertz CT molecular complexity index is 676. The molecule has 0 fully saturated rings. The van der Waals surface area contributed by atoms with Crippen LogP contribution in [0.5, 0.6) is 0 Å². The highest BCUT2D eigenvalue weighted by atomic mass is 19.4. The van der Waals surface area contributed by atoms with Gasteiger partial charge in [0.1, 0.15) is 0 Å². The predicted octanol–water partition coefficient (Wildman–Crippen LogP) is 4.62. The molecule has 1 heterocycles. The Kier molecular flexibility index (Phi) is 3.96. The van der Waals surface area contributed by atoms with Crippen LogP contribution >= 0.6 is 0 Å². The lowest BCUT2D eigenvalue weighted by atomic mass is 9.90. The van der Waals surface area contributed by atoms with Gasteiger partial charge in [0.15, 0.2) is 0 Å². The summed E-state index contributed by atoms with van der Waals surface area (Å²) in [6.45, 7) is 3.91. The molecule has 0 aromatic heterocycles. The molecule has 4 heteroatoms. The lowest BCUT2D eigenvalue weighted by Crippen LogP contribution is -2.18. The highest BCUT2D eigenvalue weighted by Gasteiger charge is 2.33. The zero-order valence-corrected chi connectivity index (χ0v) is 12.4. The van der Waals surface area contributed by atoms with Crippen molar-refractivity contribution in [3.05, 3.63) is 59.2 Å². The van der Waals surface area contributed by atoms with E-state index in [1.165, 1.54) is 11.6 Å². The van der Waals surface area contributed by atoms with Gasteiger partial charge in [0.2, 0.25) is 0 Å². The van der Waals surface area contributed by atoms with Crippen molar-refractivity contribution < 1.29 is 13.2 Å². The van der Waals surface area contributed by atoms with Crippen molar-refractivity contribution in [3.63, 3.8) is 0 Å². The van der Waals surface area contributed by atoms with Crippen molar-refractivity contribution in [1.29, 1.82) is 0 Å². The summed E-state index contributed by atoms with van der Waals surface area (Å²) in [5.41, 5.74) is 2.70. The van der Waals surface area contributed by atoms with E-state index < -0.39 is 11.7 Å². The molecule has 3 rings (SSSR count). The molecule has 0 amide bonds. The summed E-state index contributed by atoms with van der Waals surface area (Å²) in [7, 11) is 0. The van der Waals surface area contributed by atoms with E-state index in [-0.39, 0.29) is 5.56 Å². The maximum atomic E-state index is 13.2. The average Bonchev–Trinajstić information content (AvgIpc) is 2.68. The van der Waals surface area contributed by atoms with Gasteiger partial charge in [-0.3, -0.25) is 0 Å². The first-order chi connectivity index (χ1) is 10.5. The fourth-order valence-electron chi connectivity index (χ4n) is 3.10. The molecule has 22 heavy (non-hydrogen) atoms. The number of fused-ring (bicyclic) bond motifs is 1. The third kappa shape index (κ3) is 2.88. The molecule has 2 aromatic rings. The van der Waals surface area contributed by atoms with Crippen molar-refractivity contribution in [2.75, 3.05) is 13.1 Å². The fraction of sp³-hybridized carbons (Fsp3) is 0.333. The third-order valence-electron chi connectivity index (χ3n) is 4.24. The normalized spacial score (nSPS) is 18.6. The average molecular weight is 305 g/mol. The molecule has 0 saturated carbocycles. The summed E-state index contributed by atoms with van der Waals surface area (Å²) in [6, 6.07) is 11.5. The Morgan fingerprint density at radius 2 is 1.86 bits per heavy atom. The molecule has 0 radical (unpaired) electrons. The highest BCUT2D eigenvalue weighted by Crippen LogP contribution is 2.38. The molecule has 0 bridgehead atoms. The maximum absolute atomic E-state index is 13.2. The predicted molar refractivity (Wildman–Crippen MR) is 81.9 cm³/mol. The van der Waals surface area contributed by atoms with Crippen molar-refractivity contribution in [2.24, 2.45) is 0 Å². The third-order valence-corrected chi connectivity index (χ3v) is 4.24. The number of hydrogen-bond acceptors (Lipinski definition) is 1. The molecule has 0 spiro atoms. The van der Waals surface area contributed by atoms with E-state index in [0.717, 1.165) is 31.1 Å². The second kappa shape index (κ2) is 5.76. The monoisotopic (exact) mass is 305 g/mol. The van der Waals surface area contributed by atoms with Gasteiger partial charge < -0.3 is 5.32 Å². The minimum atomic E-state index is -4.34. The van der Waals surface area contributed by atoms with Crippen molar-refractivity contribution in [1.82, 2.24) is 5.32 Å². The topological polar surface area (TPSA) is 12.0 Å². The van der Waals surface area contributed by atoms with Crippen LogP contribution in [0.2, 0.25) is 0 Å². The van der Waals surface area contributed by atoms with E-state index in [1.54, 1.807) is 12.1 Å². The highest BCUT2D eigenvalue weighted by molar-refractivity contribution is 5.69. The van der Waals surface area contributed by atoms with Gasteiger partial charge in [-0.2, -0.15) is 13.2 Å². The van der Waals surface area contributed by atoms with Gasteiger partial charge in [-0.15, -0.1) is 0 Å². The standard InChI is InChI=1S/C18H18F3N/c1-12-11-22-9-8-14-10-13(6-7-15(12)14)16-4-2-3-5-17(16)18(19,20)21/h2-7,10,12,22H,8-9,11H2,1H3/t12-/m1/s1. The van der Waals surface area contributed by atoms with Gasteiger partial charge in [0, 0.05) is 6.54 Å². The molecule has 116 valence electrons.